The molecule has 3 amide bonds. The Morgan fingerprint density at radius 3 is 2.41 bits per heavy atom. The molecule has 3 heterocycles. The van der Waals surface area contributed by atoms with Gasteiger partial charge in [0, 0.05) is 37.7 Å². The van der Waals surface area contributed by atoms with Crippen LogP contribution in [0, 0.1) is 0 Å². The summed E-state index contributed by atoms with van der Waals surface area (Å²) >= 11 is 0. The number of aromatic nitrogens is 4. The zero-order valence-corrected chi connectivity index (χ0v) is 18.1. The minimum Gasteiger partial charge on any atom is -0.465 e. The van der Waals surface area contributed by atoms with Crippen LogP contribution in [0.5, 0.6) is 0 Å². The highest BCUT2D eigenvalue weighted by atomic mass is 16.4. The number of likely N-dealkylation sites (tertiary alicyclic amines) is 1. The van der Waals surface area contributed by atoms with Crippen LogP contribution in [0.3, 0.4) is 0 Å². The summed E-state index contributed by atoms with van der Waals surface area (Å²) in [4.78, 5) is 57.3. The van der Waals surface area contributed by atoms with Crippen molar-refractivity contribution in [1.29, 1.82) is 0 Å². The number of carboxylic acid groups (broad SMARTS) is 1. The average molecular weight is 465 g/mol. The summed E-state index contributed by atoms with van der Waals surface area (Å²) in [6.45, 7) is 1.01. The van der Waals surface area contributed by atoms with Gasteiger partial charge in [0.25, 0.3) is 0 Å². The number of carbonyl (C=O) groups is 3. The molecule has 176 valence electrons. The molecule has 3 aromatic rings. The van der Waals surface area contributed by atoms with E-state index in [9.17, 15) is 19.2 Å². The molecule has 34 heavy (non-hydrogen) atoms. The Balaban J connectivity index is 1.35. The molecule has 2 aromatic heterocycles. The number of imidazole rings is 1. The molecular weight excluding hydrogens is 442 g/mol. The number of nitrogens with zero attached hydrogens (tertiary/aromatic N) is 5. The van der Waals surface area contributed by atoms with Crippen LogP contribution in [-0.4, -0.2) is 66.3 Å². The number of rotatable bonds is 5. The van der Waals surface area contributed by atoms with E-state index in [1.807, 2.05) is 0 Å². The van der Waals surface area contributed by atoms with Crippen molar-refractivity contribution in [2.24, 2.45) is 0 Å². The monoisotopic (exact) mass is 465 g/mol. The second-order valence-electron chi connectivity index (χ2n) is 7.81. The summed E-state index contributed by atoms with van der Waals surface area (Å²) in [5.74, 6) is 0.0860. The van der Waals surface area contributed by atoms with Gasteiger partial charge in [0.1, 0.15) is 12.1 Å². The molecule has 0 bridgehead atoms. The topological polar surface area (TPSA) is 151 Å². The molecule has 1 aliphatic heterocycles. The van der Waals surface area contributed by atoms with E-state index >= 15 is 0 Å². The Hall–Kier alpha value is -4.48. The van der Waals surface area contributed by atoms with Gasteiger partial charge in [-0.1, -0.05) is 12.1 Å². The predicted molar refractivity (Wildman–Crippen MR) is 121 cm³/mol. The maximum Gasteiger partial charge on any atom is 0.404 e. The van der Waals surface area contributed by atoms with Crippen molar-refractivity contribution in [2.75, 3.05) is 18.4 Å². The predicted octanol–water partition coefficient (Wildman–Crippen LogP) is 1.31. The Morgan fingerprint density at radius 1 is 1.06 bits per heavy atom. The molecule has 1 fully saturated rings. The van der Waals surface area contributed by atoms with E-state index in [1.54, 1.807) is 29.2 Å². The summed E-state index contributed by atoms with van der Waals surface area (Å²) in [5.41, 5.74) is 0.802. The highest BCUT2D eigenvalue weighted by molar-refractivity contribution is 5.89. The maximum atomic E-state index is 12.6. The van der Waals surface area contributed by atoms with Crippen LogP contribution in [0.4, 0.5) is 15.4 Å². The normalized spacial score (nSPS) is 13.9. The van der Waals surface area contributed by atoms with Gasteiger partial charge in [-0.15, -0.1) is 0 Å². The minimum atomic E-state index is -1.05. The number of hydrogen-bond acceptors (Lipinski definition) is 6. The summed E-state index contributed by atoms with van der Waals surface area (Å²) in [6.07, 6.45) is 6.12. The lowest BCUT2D eigenvalue weighted by atomic mass is 10.0. The maximum absolute atomic E-state index is 12.6. The number of nitrogens with one attached hydrogen (secondary N) is 2. The standard InChI is InChI=1S/C22H23N7O5/c30-19(27-9-5-16(6-10-27)24-22(33)34)13-15-1-3-17(4-2-15)29-11-7-18(26-21(29)32)25-20(31)28-12-8-23-14-28/h1-4,7-8,11-12,14,16,24H,5-6,9-10,13H2,(H,33,34)(H,25,26,31,32). The molecule has 0 radical (unpaired) electrons. The molecule has 0 unspecified atom stereocenters. The van der Waals surface area contributed by atoms with Gasteiger partial charge in [-0.25, -0.2) is 19.4 Å². The van der Waals surface area contributed by atoms with E-state index < -0.39 is 17.8 Å². The quantitative estimate of drug-likeness (QED) is 0.514. The molecule has 1 aromatic carbocycles. The highest BCUT2D eigenvalue weighted by Crippen LogP contribution is 2.14. The lowest BCUT2D eigenvalue weighted by Gasteiger charge is -2.32. The molecule has 1 saturated heterocycles. The third-order valence-electron chi connectivity index (χ3n) is 5.52. The number of anilines is 1. The van der Waals surface area contributed by atoms with Crippen LogP contribution < -0.4 is 16.3 Å². The highest BCUT2D eigenvalue weighted by Gasteiger charge is 2.23. The minimum absolute atomic E-state index is 0.0293. The number of carbonyl (C=O) groups excluding carboxylic acids is 2. The van der Waals surface area contributed by atoms with Gasteiger partial charge in [-0.2, -0.15) is 4.98 Å². The van der Waals surface area contributed by atoms with Gasteiger partial charge in [0.05, 0.1) is 12.1 Å². The van der Waals surface area contributed by atoms with Crippen molar-refractivity contribution in [2.45, 2.75) is 25.3 Å². The summed E-state index contributed by atoms with van der Waals surface area (Å²) in [7, 11) is 0. The Kier molecular flexibility index (Phi) is 6.67. The molecule has 3 N–H and O–H groups in total. The molecule has 0 atom stereocenters. The molecule has 1 aliphatic rings. The van der Waals surface area contributed by atoms with Gasteiger partial charge in [0.15, 0.2) is 0 Å². The number of hydrogen-bond donors (Lipinski definition) is 3. The third-order valence-corrected chi connectivity index (χ3v) is 5.52. The van der Waals surface area contributed by atoms with E-state index in [2.05, 4.69) is 20.6 Å². The van der Waals surface area contributed by atoms with E-state index in [-0.39, 0.29) is 24.2 Å². The van der Waals surface area contributed by atoms with Gasteiger partial charge in [0.2, 0.25) is 5.91 Å². The van der Waals surface area contributed by atoms with Crippen LogP contribution in [0.1, 0.15) is 18.4 Å². The first-order valence-electron chi connectivity index (χ1n) is 10.6. The number of piperidine rings is 1. The summed E-state index contributed by atoms with van der Waals surface area (Å²) in [6, 6.07) is 7.88. The molecule has 0 aliphatic carbocycles. The zero-order chi connectivity index (χ0) is 24.1. The summed E-state index contributed by atoms with van der Waals surface area (Å²) in [5, 5.41) is 13.8. The molecular formula is C22H23N7O5. The Morgan fingerprint density at radius 2 is 1.79 bits per heavy atom. The second-order valence-corrected chi connectivity index (χ2v) is 7.81. The smallest absolute Gasteiger partial charge is 0.404 e. The van der Waals surface area contributed by atoms with Crippen LogP contribution in [0.15, 0.2) is 60.0 Å². The van der Waals surface area contributed by atoms with Crippen LogP contribution in [0.25, 0.3) is 5.69 Å². The van der Waals surface area contributed by atoms with Crippen LogP contribution >= 0.6 is 0 Å². The van der Waals surface area contributed by atoms with Crippen molar-refractivity contribution in [3.63, 3.8) is 0 Å². The van der Waals surface area contributed by atoms with E-state index in [1.165, 1.54) is 40.1 Å². The number of benzene rings is 1. The Labute approximate surface area is 193 Å². The molecule has 0 saturated carbocycles. The molecule has 4 rings (SSSR count). The first-order chi connectivity index (χ1) is 16.4. The lowest BCUT2D eigenvalue weighted by molar-refractivity contribution is -0.131. The summed E-state index contributed by atoms with van der Waals surface area (Å²) < 4.78 is 2.56. The molecule has 12 heteroatoms. The second kappa shape index (κ2) is 9.98. The zero-order valence-electron chi connectivity index (χ0n) is 18.1. The van der Waals surface area contributed by atoms with Crippen LogP contribution in [0.2, 0.25) is 0 Å². The van der Waals surface area contributed by atoms with Gasteiger partial charge in [-0.05, 0) is 36.6 Å². The van der Waals surface area contributed by atoms with E-state index in [4.69, 9.17) is 5.11 Å². The van der Waals surface area contributed by atoms with Crippen molar-refractivity contribution in [3.05, 3.63) is 71.3 Å². The van der Waals surface area contributed by atoms with Crippen molar-refractivity contribution < 1.29 is 19.5 Å². The van der Waals surface area contributed by atoms with Crippen LogP contribution in [-0.2, 0) is 11.2 Å². The fourth-order valence-corrected chi connectivity index (χ4v) is 3.73. The molecule has 12 nitrogen and oxygen atoms in total. The van der Waals surface area contributed by atoms with E-state index in [0.29, 0.717) is 31.6 Å². The van der Waals surface area contributed by atoms with Crippen molar-refractivity contribution in [3.8, 4) is 5.69 Å². The SMILES string of the molecule is O=C(O)NC1CCN(C(=O)Cc2ccc(-n3ccc(NC(=O)n4ccnc4)nc3=O)cc2)CC1. The largest absolute Gasteiger partial charge is 0.465 e. The van der Waals surface area contributed by atoms with Gasteiger partial charge in [-0.3, -0.25) is 19.2 Å². The van der Waals surface area contributed by atoms with Gasteiger partial charge >= 0.3 is 17.8 Å². The van der Waals surface area contributed by atoms with Gasteiger partial charge < -0.3 is 15.3 Å². The van der Waals surface area contributed by atoms with Crippen molar-refractivity contribution >= 4 is 23.8 Å². The van der Waals surface area contributed by atoms with E-state index in [0.717, 1.165) is 5.56 Å². The number of amides is 3. The average Bonchev–Trinajstić information content (AvgIpc) is 3.35. The third kappa shape index (κ3) is 5.46. The van der Waals surface area contributed by atoms with Crippen molar-refractivity contribution in [1.82, 2.24) is 29.3 Å². The fourth-order valence-electron chi connectivity index (χ4n) is 3.73. The lowest BCUT2D eigenvalue weighted by Crippen LogP contribution is -2.46. The Bertz CT molecular complexity index is 1230. The fraction of sp³-hybridized carbons (Fsp3) is 0.273. The first-order valence-corrected chi connectivity index (χ1v) is 10.6. The molecule has 0 spiro atoms. The first kappa shape index (κ1) is 22.7.